The summed E-state index contributed by atoms with van der Waals surface area (Å²) in [4.78, 5) is 35.2. The van der Waals surface area contributed by atoms with Crippen molar-refractivity contribution in [1.82, 2.24) is 15.0 Å². The van der Waals surface area contributed by atoms with Crippen LogP contribution in [-0.4, -0.2) is 37.9 Å². The van der Waals surface area contributed by atoms with Crippen LogP contribution in [0.15, 0.2) is 24.4 Å². The van der Waals surface area contributed by atoms with Crippen LogP contribution in [0.25, 0.3) is 0 Å². The molecule has 1 aromatic heterocycles. The number of anilines is 2. The second-order valence-electron chi connectivity index (χ2n) is 6.67. The molecule has 1 aliphatic carbocycles. The van der Waals surface area contributed by atoms with Crippen LogP contribution < -0.4 is 10.6 Å². The number of nitrogens with one attached hydrogen (secondary N) is 2. The smallest absolute Gasteiger partial charge is 0.358 e. The second kappa shape index (κ2) is 8.59. The number of hydrogen-bond acceptors (Lipinski definition) is 5. The van der Waals surface area contributed by atoms with E-state index in [0.717, 1.165) is 49.0 Å². The summed E-state index contributed by atoms with van der Waals surface area (Å²) < 4.78 is 15.1. The number of carbonyl (C=O) groups excluding carboxylic acids is 2. The topological polar surface area (TPSA) is 126 Å². The third-order valence-electron chi connectivity index (χ3n) is 4.55. The van der Waals surface area contributed by atoms with Crippen molar-refractivity contribution in [3.63, 3.8) is 0 Å². The molecule has 28 heavy (non-hydrogen) atoms. The van der Waals surface area contributed by atoms with Gasteiger partial charge in [0, 0.05) is 11.6 Å². The Hall–Kier alpha value is -3.30. The lowest BCUT2D eigenvalue weighted by molar-refractivity contribution is -0.120. The number of amides is 2. The maximum absolute atomic E-state index is 14.1. The predicted molar refractivity (Wildman–Crippen MR) is 97.2 cm³/mol. The van der Waals surface area contributed by atoms with Crippen molar-refractivity contribution in [1.29, 1.82) is 0 Å². The van der Waals surface area contributed by atoms with Gasteiger partial charge in [-0.25, -0.2) is 13.9 Å². The number of aromatic nitrogens is 3. The molecule has 1 saturated carbocycles. The van der Waals surface area contributed by atoms with E-state index < -0.39 is 17.7 Å². The summed E-state index contributed by atoms with van der Waals surface area (Å²) in [6.45, 7) is -0.262. The van der Waals surface area contributed by atoms with E-state index in [1.165, 1.54) is 12.1 Å². The van der Waals surface area contributed by atoms with E-state index in [1.54, 1.807) is 0 Å². The molecule has 2 amide bonds. The fourth-order valence-electron chi connectivity index (χ4n) is 3.12. The Morgan fingerprint density at radius 3 is 2.61 bits per heavy atom. The van der Waals surface area contributed by atoms with Gasteiger partial charge in [-0.15, -0.1) is 5.10 Å². The van der Waals surface area contributed by atoms with Crippen LogP contribution in [0.2, 0.25) is 0 Å². The van der Waals surface area contributed by atoms with Gasteiger partial charge in [0.15, 0.2) is 5.69 Å². The normalized spacial score (nSPS) is 14.5. The molecule has 0 aliphatic heterocycles. The number of carboxylic acids is 1. The Bertz CT molecular complexity index is 892. The molecule has 1 aromatic carbocycles. The van der Waals surface area contributed by atoms with E-state index in [2.05, 4.69) is 20.9 Å². The molecule has 0 unspecified atom stereocenters. The molecule has 0 bridgehead atoms. The van der Waals surface area contributed by atoms with Crippen molar-refractivity contribution in [3.8, 4) is 0 Å². The van der Waals surface area contributed by atoms with Gasteiger partial charge in [-0.3, -0.25) is 9.59 Å². The Labute approximate surface area is 159 Å². The van der Waals surface area contributed by atoms with E-state index in [4.69, 9.17) is 5.11 Å². The van der Waals surface area contributed by atoms with E-state index in [1.807, 2.05) is 0 Å². The van der Waals surface area contributed by atoms with Crippen LogP contribution in [-0.2, 0) is 16.1 Å². The van der Waals surface area contributed by atoms with Crippen molar-refractivity contribution in [2.24, 2.45) is 5.92 Å². The zero-order chi connectivity index (χ0) is 20.1. The van der Waals surface area contributed by atoms with Crippen LogP contribution in [0.5, 0.6) is 0 Å². The summed E-state index contributed by atoms with van der Waals surface area (Å²) in [5.74, 6) is -2.68. The standard InChI is InChI=1S/C18H20FN5O4/c19-13-7-6-12(8-14(13)21-17(26)11-4-2-1-3-5-11)20-16(25)10-24-9-15(18(27)28)22-23-24/h6-9,11H,1-5,10H2,(H,20,25)(H,21,26)(H,27,28). The molecular formula is C18H20FN5O4. The van der Waals surface area contributed by atoms with Crippen molar-refractivity contribution < 1.29 is 23.9 Å². The molecule has 9 nitrogen and oxygen atoms in total. The molecule has 0 saturated heterocycles. The Kier molecular flexibility index (Phi) is 5.97. The van der Waals surface area contributed by atoms with Crippen molar-refractivity contribution in [2.45, 2.75) is 38.6 Å². The maximum atomic E-state index is 14.1. The summed E-state index contributed by atoms with van der Waals surface area (Å²) in [6.07, 6.45) is 5.80. The molecule has 0 atom stereocenters. The van der Waals surface area contributed by atoms with Crippen LogP contribution in [0.4, 0.5) is 15.8 Å². The SMILES string of the molecule is O=C(Cn1cc(C(=O)O)nn1)Nc1ccc(F)c(NC(=O)C2CCCCC2)c1. The number of hydrogen-bond donors (Lipinski definition) is 3. The quantitative estimate of drug-likeness (QED) is 0.696. The van der Waals surface area contributed by atoms with Gasteiger partial charge in [0.2, 0.25) is 11.8 Å². The monoisotopic (exact) mass is 389 g/mol. The molecule has 3 rings (SSSR count). The molecular weight excluding hydrogens is 369 g/mol. The fourth-order valence-corrected chi connectivity index (χ4v) is 3.12. The van der Waals surface area contributed by atoms with E-state index in [0.29, 0.717) is 5.69 Å². The first kappa shape index (κ1) is 19.5. The molecule has 148 valence electrons. The third kappa shape index (κ3) is 4.90. The highest BCUT2D eigenvalue weighted by Gasteiger charge is 2.22. The minimum Gasteiger partial charge on any atom is -0.476 e. The summed E-state index contributed by atoms with van der Waals surface area (Å²) in [6, 6.07) is 3.87. The number of nitrogens with zero attached hydrogens (tertiary/aromatic N) is 3. The third-order valence-corrected chi connectivity index (χ3v) is 4.55. The van der Waals surface area contributed by atoms with Gasteiger partial charge in [-0.05, 0) is 31.0 Å². The Morgan fingerprint density at radius 1 is 1.18 bits per heavy atom. The highest BCUT2D eigenvalue weighted by molar-refractivity contribution is 5.95. The predicted octanol–water partition coefficient (Wildman–Crippen LogP) is 2.27. The number of benzene rings is 1. The largest absolute Gasteiger partial charge is 0.476 e. The van der Waals surface area contributed by atoms with Gasteiger partial charge < -0.3 is 15.7 Å². The molecule has 10 heteroatoms. The molecule has 1 heterocycles. The molecule has 3 N–H and O–H groups in total. The maximum Gasteiger partial charge on any atom is 0.358 e. The van der Waals surface area contributed by atoms with Crippen molar-refractivity contribution in [3.05, 3.63) is 35.9 Å². The molecule has 2 aromatic rings. The minimum atomic E-state index is -1.25. The highest BCUT2D eigenvalue weighted by Crippen LogP contribution is 2.26. The first-order valence-corrected chi connectivity index (χ1v) is 8.96. The van der Waals surface area contributed by atoms with Gasteiger partial charge in [-0.2, -0.15) is 0 Å². The summed E-state index contributed by atoms with van der Waals surface area (Å²) in [5.41, 5.74) is 0.0218. The zero-order valence-corrected chi connectivity index (χ0v) is 15.0. The fraction of sp³-hybridized carbons (Fsp3) is 0.389. The summed E-state index contributed by atoms with van der Waals surface area (Å²) in [7, 11) is 0. The molecule has 1 fully saturated rings. The number of carboxylic acid groups (broad SMARTS) is 1. The first-order valence-electron chi connectivity index (χ1n) is 8.96. The lowest BCUT2D eigenvalue weighted by atomic mass is 9.88. The van der Waals surface area contributed by atoms with Crippen molar-refractivity contribution >= 4 is 29.2 Å². The minimum absolute atomic E-state index is 0.00212. The average Bonchev–Trinajstić information content (AvgIpc) is 3.14. The summed E-state index contributed by atoms with van der Waals surface area (Å²) in [5, 5.41) is 20.9. The number of halogens is 1. The molecule has 1 aliphatic rings. The number of carbonyl (C=O) groups is 3. The number of rotatable bonds is 6. The zero-order valence-electron chi connectivity index (χ0n) is 15.0. The van der Waals surface area contributed by atoms with Gasteiger partial charge in [0.05, 0.1) is 11.9 Å². The van der Waals surface area contributed by atoms with Gasteiger partial charge in [0.25, 0.3) is 0 Å². The van der Waals surface area contributed by atoms with E-state index in [-0.39, 0.29) is 29.8 Å². The van der Waals surface area contributed by atoms with Crippen LogP contribution in [0.3, 0.4) is 0 Å². The molecule has 0 spiro atoms. The van der Waals surface area contributed by atoms with E-state index >= 15 is 0 Å². The van der Waals surface area contributed by atoms with Crippen molar-refractivity contribution in [2.75, 3.05) is 10.6 Å². The highest BCUT2D eigenvalue weighted by atomic mass is 19.1. The first-order chi connectivity index (χ1) is 13.4. The lowest BCUT2D eigenvalue weighted by Gasteiger charge is -2.21. The van der Waals surface area contributed by atoms with Gasteiger partial charge in [-0.1, -0.05) is 24.5 Å². The lowest BCUT2D eigenvalue weighted by Crippen LogP contribution is -2.25. The van der Waals surface area contributed by atoms with Crippen LogP contribution in [0.1, 0.15) is 42.6 Å². The summed E-state index contributed by atoms with van der Waals surface area (Å²) >= 11 is 0. The Balaban J connectivity index is 1.62. The Morgan fingerprint density at radius 2 is 1.93 bits per heavy atom. The van der Waals surface area contributed by atoms with Crippen LogP contribution in [0, 0.1) is 11.7 Å². The average molecular weight is 389 g/mol. The molecule has 0 radical (unpaired) electrons. The number of aromatic carboxylic acids is 1. The second-order valence-corrected chi connectivity index (χ2v) is 6.67. The van der Waals surface area contributed by atoms with E-state index in [9.17, 15) is 18.8 Å². The van der Waals surface area contributed by atoms with Gasteiger partial charge >= 0.3 is 5.97 Å². The van der Waals surface area contributed by atoms with Gasteiger partial charge in [0.1, 0.15) is 12.4 Å². The van der Waals surface area contributed by atoms with Crippen LogP contribution >= 0.6 is 0 Å².